The Kier molecular flexibility index (Phi) is 5.64. The molecule has 5 nitrogen and oxygen atoms in total. The van der Waals surface area contributed by atoms with E-state index >= 15 is 0 Å². The van der Waals surface area contributed by atoms with Crippen LogP contribution in [-0.2, 0) is 15.6 Å². The molecule has 2 unspecified atom stereocenters. The highest BCUT2D eigenvalue weighted by atomic mass is 32.2. The van der Waals surface area contributed by atoms with Crippen LogP contribution in [0.15, 0.2) is 24.3 Å². The highest BCUT2D eigenvalue weighted by molar-refractivity contribution is 7.84. The van der Waals surface area contributed by atoms with E-state index in [1.807, 2.05) is 0 Å². The van der Waals surface area contributed by atoms with E-state index in [4.69, 9.17) is 10.5 Å². The molecule has 6 heteroatoms. The molecule has 1 amide bonds. The summed E-state index contributed by atoms with van der Waals surface area (Å²) >= 11 is 0. The van der Waals surface area contributed by atoms with Gasteiger partial charge < -0.3 is 15.8 Å². The van der Waals surface area contributed by atoms with Gasteiger partial charge in [0.1, 0.15) is 5.75 Å². The van der Waals surface area contributed by atoms with Crippen molar-refractivity contribution in [1.29, 1.82) is 0 Å². The van der Waals surface area contributed by atoms with E-state index in [0.29, 0.717) is 17.2 Å². The lowest BCUT2D eigenvalue weighted by molar-refractivity contribution is -0.123. The average molecular weight is 270 g/mol. The molecule has 0 aliphatic rings. The van der Waals surface area contributed by atoms with Crippen LogP contribution < -0.4 is 15.8 Å². The van der Waals surface area contributed by atoms with Crippen molar-refractivity contribution in [3.63, 3.8) is 0 Å². The Bertz CT molecular complexity index is 437. The molecule has 0 aromatic heterocycles. The molecule has 3 N–H and O–H groups in total. The first-order chi connectivity index (χ1) is 8.47. The topological polar surface area (TPSA) is 81.4 Å². The number of carbonyl (C=O) groups excluding carboxylic acids is 1. The fraction of sp³-hybridized carbons (Fsp3) is 0.417. The number of nitrogens with two attached hydrogens (primary N) is 1. The van der Waals surface area contributed by atoms with Crippen molar-refractivity contribution in [1.82, 2.24) is 5.32 Å². The van der Waals surface area contributed by atoms with Crippen molar-refractivity contribution in [3.05, 3.63) is 24.3 Å². The predicted octanol–water partition coefficient (Wildman–Crippen LogP) is 0.531. The van der Waals surface area contributed by atoms with E-state index in [1.54, 1.807) is 37.4 Å². The monoisotopic (exact) mass is 270 g/mol. The van der Waals surface area contributed by atoms with E-state index in [0.717, 1.165) is 0 Å². The molecule has 0 bridgehead atoms. The average Bonchev–Trinajstić information content (AvgIpc) is 2.25. The number of rotatable bonds is 6. The number of benzene rings is 1. The first-order valence-electron chi connectivity index (χ1n) is 5.55. The summed E-state index contributed by atoms with van der Waals surface area (Å²) in [6, 6.07) is 6.75. The molecule has 100 valence electrons. The molecule has 1 aromatic rings. The number of hydrogen-bond acceptors (Lipinski definition) is 4. The minimum absolute atomic E-state index is 0.0792. The number of carbonyl (C=O) groups is 1. The van der Waals surface area contributed by atoms with Crippen molar-refractivity contribution < 1.29 is 13.7 Å². The standard InChI is InChI=1S/C12H18N2O3S/c1-9(8-18(2)16)14-12(15)7-17-11-5-3-4-10(13)6-11/h3-6,9H,7-8,13H2,1-2H3,(H,14,15). The van der Waals surface area contributed by atoms with Crippen molar-refractivity contribution >= 4 is 22.4 Å². The lowest BCUT2D eigenvalue weighted by Gasteiger charge is -2.13. The molecule has 0 radical (unpaired) electrons. The fourth-order valence-corrected chi connectivity index (χ4v) is 2.25. The second-order valence-electron chi connectivity index (χ2n) is 4.07. The largest absolute Gasteiger partial charge is 0.484 e. The van der Waals surface area contributed by atoms with E-state index in [9.17, 15) is 9.00 Å². The molecule has 0 fully saturated rings. The lowest BCUT2D eigenvalue weighted by atomic mass is 10.3. The zero-order valence-electron chi connectivity index (χ0n) is 10.5. The van der Waals surface area contributed by atoms with Crippen molar-refractivity contribution in [3.8, 4) is 5.75 Å². The minimum atomic E-state index is -0.927. The maximum atomic E-state index is 11.5. The molecule has 0 heterocycles. The van der Waals surface area contributed by atoms with Gasteiger partial charge >= 0.3 is 0 Å². The molecule has 0 aliphatic heterocycles. The van der Waals surface area contributed by atoms with Gasteiger partial charge in [0, 0.05) is 40.6 Å². The zero-order chi connectivity index (χ0) is 13.5. The summed E-state index contributed by atoms with van der Waals surface area (Å²) in [6.07, 6.45) is 1.60. The molecule has 2 atom stereocenters. The van der Waals surface area contributed by atoms with E-state index < -0.39 is 10.8 Å². The number of nitrogens with one attached hydrogen (secondary N) is 1. The highest BCUT2D eigenvalue weighted by Gasteiger charge is 2.09. The van der Waals surface area contributed by atoms with E-state index in [1.165, 1.54) is 0 Å². The molecule has 0 saturated carbocycles. The summed E-state index contributed by atoms with van der Waals surface area (Å²) in [5, 5.41) is 2.71. The van der Waals surface area contributed by atoms with E-state index in [-0.39, 0.29) is 18.6 Å². The Morgan fingerprint density at radius 1 is 1.56 bits per heavy atom. The second-order valence-corrected chi connectivity index (χ2v) is 5.55. The van der Waals surface area contributed by atoms with Crippen LogP contribution >= 0.6 is 0 Å². The van der Waals surface area contributed by atoms with Gasteiger partial charge in [-0.3, -0.25) is 9.00 Å². The zero-order valence-corrected chi connectivity index (χ0v) is 11.3. The van der Waals surface area contributed by atoms with Crippen LogP contribution in [-0.4, -0.2) is 34.8 Å². The second kappa shape index (κ2) is 7.00. The summed E-state index contributed by atoms with van der Waals surface area (Å²) in [5.41, 5.74) is 6.17. The molecular formula is C12H18N2O3S. The van der Waals surface area contributed by atoms with Crippen molar-refractivity contribution in [2.75, 3.05) is 24.3 Å². The van der Waals surface area contributed by atoms with Gasteiger partial charge in [0.05, 0.1) is 0 Å². The number of nitrogen functional groups attached to an aromatic ring is 1. The van der Waals surface area contributed by atoms with Gasteiger partial charge in [0.15, 0.2) is 6.61 Å². The van der Waals surface area contributed by atoms with Crippen LogP contribution in [0.3, 0.4) is 0 Å². The third-order valence-corrected chi connectivity index (χ3v) is 3.09. The van der Waals surface area contributed by atoms with Crippen LogP contribution in [0.4, 0.5) is 5.69 Å². The van der Waals surface area contributed by atoms with Gasteiger partial charge in [-0.15, -0.1) is 0 Å². The molecular weight excluding hydrogens is 252 g/mol. The normalized spacial score (nSPS) is 13.7. The summed E-state index contributed by atoms with van der Waals surface area (Å²) in [7, 11) is -0.927. The first kappa shape index (κ1) is 14.5. The summed E-state index contributed by atoms with van der Waals surface area (Å²) in [6.45, 7) is 1.73. The van der Waals surface area contributed by atoms with Gasteiger partial charge in [-0.25, -0.2) is 0 Å². The summed E-state index contributed by atoms with van der Waals surface area (Å²) < 4.78 is 16.3. The Labute approximate surface area is 109 Å². The predicted molar refractivity (Wildman–Crippen MR) is 72.9 cm³/mol. The van der Waals surface area contributed by atoms with Crippen LogP contribution in [0.1, 0.15) is 6.92 Å². The lowest BCUT2D eigenvalue weighted by Crippen LogP contribution is -2.39. The van der Waals surface area contributed by atoms with Gasteiger partial charge in [-0.05, 0) is 19.1 Å². The van der Waals surface area contributed by atoms with Crippen LogP contribution in [0.25, 0.3) is 0 Å². The highest BCUT2D eigenvalue weighted by Crippen LogP contribution is 2.13. The third-order valence-electron chi connectivity index (χ3n) is 2.12. The maximum absolute atomic E-state index is 11.5. The number of amides is 1. The maximum Gasteiger partial charge on any atom is 0.258 e. The van der Waals surface area contributed by atoms with Gasteiger partial charge in [0.2, 0.25) is 0 Å². The molecule has 18 heavy (non-hydrogen) atoms. The van der Waals surface area contributed by atoms with E-state index in [2.05, 4.69) is 5.32 Å². The molecule has 0 spiro atoms. The number of hydrogen-bond donors (Lipinski definition) is 2. The quantitative estimate of drug-likeness (QED) is 0.739. The minimum Gasteiger partial charge on any atom is -0.484 e. The third kappa shape index (κ3) is 5.67. The summed E-state index contributed by atoms with van der Waals surface area (Å²) in [5.74, 6) is 0.747. The number of anilines is 1. The first-order valence-corrected chi connectivity index (χ1v) is 7.28. The van der Waals surface area contributed by atoms with Crippen molar-refractivity contribution in [2.45, 2.75) is 13.0 Å². The molecule has 1 aromatic carbocycles. The van der Waals surface area contributed by atoms with Crippen molar-refractivity contribution in [2.24, 2.45) is 0 Å². The fourth-order valence-electron chi connectivity index (χ4n) is 1.46. The van der Waals surface area contributed by atoms with Gasteiger partial charge in [-0.2, -0.15) is 0 Å². The molecule has 0 aliphatic carbocycles. The Morgan fingerprint density at radius 2 is 2.28 bits per heavy atom. The van der Waals surface area contributed by atoms with Gasteiger partial charge in [0.25, 0.3) is 5.91 Å². The Hall–Kier alpha value is -1.56. The smallest absolute Gasteiger partial charge is 0.258 e. The SMILES string of the molecule is CC(CS(C)=O)NC(=O)COc1cccc(N)c1. The summed E-state index contributed by atoms with van der Waals surface area (Å²) in [4.78, 5) is 11.5. The molecule has 0 saturated heterocycles. The van der Waals surface area contributed by atoms with Crippen LogP contribution in [0.2, 0.25) is 0 Å². The van der Waals surface area contributed by atoms with Crippen LogP contribution in [0, 0.1) is 0 Å². The Balaban J connectivity index is 2.35. The number of ether oxygens (including phenoxy) is 1. The Morgan fingerprint density at radius 3 is 2.89 bits per heavy atom. The van der Waals surface area contributed by atoms with Crippen LogP contribution in [0.5, 0.6) is 5.75 Å². The molecule has 1 rings (SSSR count). The van der Waals surface area contributed by atoms with Gasteiger partial charge in [-0.1, -0.05) is 6.07 Å².